The van der Waals surface area contributed by atoms with E-state index in [0.717, 1.165) is 44.2 Å². The van der Waals surface area contributed by atoms with Gasteiger partial charge in [0.05, 0.1) is 16.8 Å². The van der Waals surface area contributed by atoms with Crippen LogP contribution in [0, 0.1) is 24.4 Å². The smallest absolute Gasteiger partial charge is 0.195 e. The van der Waals surface area contributed by atoms with Crippen molar-refractivity contribution in [1.29, 1.82) is 0 Å². The van der Waals surface area contributed by atoms with Crippen molar-refractivity contribution in [3.8, 4) is 11.3 Å². The molecule has 0 aliphatic rings. The number of fused-ring (bicyclic) bond motifs is 1. The van der Waals surface area contributed by atoms with Crippen LogP contribution in [0.5, 0.6) is 0 Å². The average Bonchev–Trinajstić information content (AvgIpc) is 2.73. The van der Waals surface area contributed by atoms with Crippen molar-refractivity contribution in [1.82, 2.24) is 0 Å². The quantitative estimate of drug-likeness (QED) is 0.340. The highest BCUT2D eigenvalue weighted by atomic mass is 19.1. The summed E-state index contributed by atoms with van der Waals surface area (Å²) in [6, 6.07) is 5.00. The summed E-state index contributed by atoms with van der Waals surface area (Å²) in [6.45, 7) is 3.85. The van der Waals surface area contributed by atoms with Gasteiger partial charge in [0.1, 0.15) is 11.6 Å². The monoisotopic (exact) mass is 418 g/mol. The molecule has 0 aliphatic heterocycles. The Morgan fingerprint density at radius 1 is 1.03 bits per heavy atom. The van der Waals surface area contributed by atoms with Gasteiger partial charge in [0, 0.05) is 23.7 Å². The number of hydrogen-bond donors (Lipinski definition) is 2. The van der Waals surface area contributed by atoms with E-state index >= 15 is 0 Å². The fraction of sp³-hybridized carbons (Fsp3) is 0.348. The standard InChI is InChI=1S/C23H25F3N2O2/c1-3-4-5-6-7-10-28-22-19-17(29)12-18(14-8-9-16(27)15(24)11-14)30-23(19)21(26)13(2)20(22)25/h8-9,11-12,28H,3-7,10,27H2,1-2H3. The summed E-state index contributed by atoms with van der Waals surface area (Å²) in [7, 11) is 0. The molecule has 30 heavy (non-hydrogen) atoms. The lowest BCUT2D eigenvalue weighted by atomic mass is 10.1. The molecule has 0 amide bonds. The molecule has 3 aromatic rings. The van der Waals surface area contributed by atoms with Crippen molar-refractivity contribution in [3.63, 3.8) is 0 Å². The van der Waals surface area contributed by atoms with E-state index in [-0.39, 0.29) is 39.2 Å². The van der Waals surface area contributed by atoms with E-state index in [9.17, 15) is 18.0 Å². The summed E-state index contributed by atoms with van der Waals surface area (Å²) in [5, 5.41) is 2.75. The number of nitrogen functional groups attached to an aromatic ring is 1. The van der Waals surface area contributed by atoms with E-state index in [1.165, 1.54) is 19.1 Å². The molecule has 3 N–H and O–H groups in total. The maximum atomic E-state index is 14.8. The number of rotatable bonds is 8. The number of hydrogen-bond acceptors (Lipinski definition) is 4. The first kappa shape index (κ1) is 21.7. The molecule has 3 rings (SSSR count). The molecule has 0 saturated heterocycles. The van der Waals surface area contributed by atoms with Crippen LogP contribution in [0.25, 0.3) is 22.3 Å². The van der Waals surface area contributed by atoms with E-state index in [1.54, 1.807) is 0 Å². The first-order chi connectivity index (χ1) is 14.3. The van der Waals surface area contributed by atoms with Crippen molar-refractivity contribution in [2.24, 2.45) is 0 Å². The number of nitrogens with two attached hydrogens (primary N) is 1. The Morgan fingerprint density at radius 3 is 2.47 bits per heavy atom. The molecule has 0 radical (unpaired) electrons. The second-order valence-electron chi connectivity index (χ2n) is 7.38. The first-order valence-corrected chi connectivity index (χ1v) is 10.1. The minimum atomic E-state index is -0.953. The number of anilines is 2. The second kappa shape index (κ2) is 9.24. The third-order valence-corrected chi connectivity index (χ3v) is 5.14. The van der Waals surface area contributed by atoms with Gasteiger partial charge in [0.2, 0.25) is 0 Å². The number of unbranched alkanes of at least 4 members (excludes halogenated alkanes) is 4. The molecule has 0 spiro atoms. The largest absolute Gasteiger partial charge is 0.453 e. The van der Waals surface area contributed by atoms with Gasteiger partial charge in [-0.15, -0.1) is 0 Å². The van der Waals surface area contributed by atoms with Gasteiger partial charge < -0.3 is 15.5 Å². The maximum absolute atomic E-state index is 14.8. The molecule has 0 aliphatic carbocycles. The van der Waals surface area contributed by atoms with Crippen molar-refractivity contribution in [3.05, 3.63) is 57.5 Å². The van der Waals surface area contributed by atoms with Crippen molar-refractivity contribution in [2.45, 2.75) is 46.0 Å². The Bertz CT molecular complexity index is 1130. The summed E-state index contributed by atoms with van der Waals surface area (Å²) in [5.74, 6) is -2.48. The molecule has 1 aromatic heterocycles. The van der Waals surface area contributed by atoms with E-state index < -0.39 is 22.9 Å². The zero-order chi connectivity index (χ0) is 21.8. The van der Waals surface area contributed by atoms with Gasteiger partial charge in [-0.25, -0.2) is 13.2 Å². The topological polar surface area (TPSA) is 68.3 Å². The van der Waals surface area contributed by atoms with Gasteiger partial charge in [-0.1, -0.05) is 32.6 Å². The Balaban J connectivity index is 2.03. The van der Waals surface area contributed by atoms with Crippen molar-refractivity contribution >= 4 is 22.3 Å². The summed E-state index contributed by atoms with van der Waals surface area (Å²) in [4.78, 5) is 12.8. The fourth-order valence-corrected chi connectivity index (χ4v) is 3.38. The van der Waals surface area contributed by atoms with Crippen LogP contribution in [0.1, 0.15) is 44.6 Å². The molecular formula is C23H25F3N2O2. The van der Waals surface area contributed by atoms with Crippen LogP contribution in [0.2, 0.25) is 0 Å². The third-order valence-electron chi connectivity index (χ3n) is 5.14. The summed E-state index contributed by atoms with van der Waals surface area (Å²) in [5.41, 5.74) is 4.35. The Hall–Kier alpha value is -2.96. The van der Waals surface area contributed by atoms with Gasteiger partial charge >= 0.3 is 0 Å². The van der Waals surface area contributed by atoms with Crippen LogP contribution >= 0.6 is 0 Å². The average molecular weight is 418 g/mol. The lowest BCUT2D eigenvalue weighted by Crippen LogP contribution is -2.12. The molecule has 7 heteroatoms. The molecule has 2 aromatic carbocycles. The van der Waals surface area contributed by atoms with Gasteiger partial charge in [0.15, 0.2) is 22.6 Å². The molecule has 0 saturated carbocycles. The molecular weight excluding hydrogens is 393 g/mol. The first-order valence-electron chi connectivity index (χ1n) is 10.1. The highest BCUT2D eigenvalue weighted by Crippen LogP contribution is 2.33. The minimum Gasteiger partial charge on any atom is -0.453 e. The predicted molar refractivity (Wildman–Crippen MR) is 114 cm³/mol. The Kier molecular flexibility index (Phi) is 6.70. The van der Waals surface area contributed by atoms with Gasteiger partial charge in [-0.3, -0.25) is 4.79 Å². The highest BCUT2D eigenvalue weighted by molar-refractivity contribution is 5.92. The molecule has 0 atom stereocenters. The third kappa shape index (κ3) is 4.30. The second-order valence-corrected chi connectivity index (χ2v) is 7.38. The summed E-state index contributed by atoms with van der Waals surface area (Å²) < 4.78 is 49.0. The van der Waals surface area contributed by atoms with Crippen LogP contribution < -0.4 is 16.5 Å². The van der Waals surface area contributed by atoms with Gasteiger partial charge in [0.25, 0.3) is 0 Å². The number of halogens is 3. The van der Waals surface area contributed by atoms with Crippen molar-refractivity contribution in [2.75, 3.05) is 17.6 Å². The van der Waals surface area contributed by atoms with E-state index in [2.05, 4.69) is 12.2 Å². The molecule has 160 valence electrons. The van der Waals surface area contributed by atoms with Crippen molar-refractivity contribution < 1.29 is 17.6 Å². The fourth-order valence-electron chi connectivity index (χ4n) is 3.38. The Morgan fingerprint density at radius 2 is 1.77 bits per heavy atom. The number of nitrogens with one attached hydrogen (secondary N) is 1. The highest BCUT2D eigenvalue weighted by Gasteiger charge is 2.22. The molecule has 1 heterocycles. The molecule has 0 unspecified atom stereocenters. The van der Waals surface area contributed by atoms with Crippen LogP contribution in [-0.2, 0) is 0 Å². The number of benzene rings is 2. The van der Waals surface area contributed by atoms with E-state index in [4.69, 9.17) is 10.2 Å². The summed E-state index contributed by atoms with van der Waals surface area (Å²) >= 11 is 0. The maximum Gasteiger partial charge on any atom is 0.195 e. The SMILES string of the molecule is CCCCCCCNc1c(F)c(C)c(F)c2oc(-c3ccc(N)c(F)c3)cc(=O)c12. The normalized spacial score (nSPS) is 11.2. The summed E-state index contributed by atoms with van der Waals surface area (Å²) in [6.07, 6.45) is 5.09. The van der Waals surface area contributed by atoms with Gasteiger partial charge in [-0.05, 0) is 31.5 Å². The lowest BCUT2D eigenvalue weighted by molar-refractivity contribution is 0.536. The van der Waals surface area contributed by atoms with E-state index in [1.807, 2.05) is 0 Å². The minimum absolute atomic E-state index is 0.0261. The lowest BCUT2D eigenvalue weighted by Gasteiger charge is -2.14. The van der Waals surface area contributed by atoms with Gasteiger partial charge in [-0.2, -0.15) is 0 Å². The van der Waals surface area contributed by atoms with Crippen LogP contribution in [0.4, 0.5) is 24.5 Å². The zero-order valence-electron chi connectivity index (χ0n) is 17.1. The predicted octanol–water partition coefficient (Wildman–Crippen LogP) is 6.15. The molecule has 0 bridgehead atoms. The molecule has 0 fully saturated rings. The van der Waals surface area contributed by atoms with E-state index in [0.29, 0.717) is 6.54 Å². The molecule has 4 nitrogen and oxygen atoms in total. The van der Waals surface area contributed by atoms with Crippen LogP contribution in [-0.4, -0.2) is 6.54 Å². The van der Waals surface area contributed by atoms with Crippen LogP contribution in [0.3, 0.4) is 0 Å². The zero-order valence-corrected chi connectivity index (χ0v) is 17.1. The van der Waals surface area contributed by atoms with Crippen LogP contribution in [0.15, 0.2) is 33.5 Å². The Labute approximate surface area is 172 Å².